The molecule has 1 aliphatic carbocycles. The molecular weight excluding hydrogens is 352 g/mol. The number of aromatic nitrogens is 3. The van der Waals surface area contributed by atoms with Crippen LogP contribution >= 0.6 is 11.6 Å². The normalized spacial score (nSPS) is 14.0. The number of phenols is 1. The summed E-state index contributed by atoms with van der Waals surface area (Å²) >= 11 is 6.05. The number of phenolic OH excluding ortho intramolecular Hbond substituents is 1. The van der Waals surface area contributed by atoms with Gasteiger partial charge in [-0.25, -0.2) is 4.98 Å². The highest BCUT2D eigenvalue weighted by Gasteiger charge is 2.28. The molecule has 2 aromatic heterocycles. The largest absolute Gasteiger partial charge is 0.506 e. The van der Waals surface area contributed by atoms with E-state index >= 15 is 0 Å². The zero-order valence-electron chi connectivity index (χ0n) is 14.2. The summed E-state index contributed by atoms with van der Waals surface area (Å²) in [6, 6.07) is 7.20. The number of halogens is 1. The number of benzene rings is 1. The minimum absolute atomic E-state index is 0.0566. The average molecular weight is 371 g/mol. The fourth-order valence-corrected chi connectivity index (χ4v) is 3.40. The maximum atomic E-state index is 11.0. The Hall–Kier alpha value is -2.60. The van der Waals surface area contributed by atoms with Crippen molar-refractivity contribution >= 4 is 28.5 Å². The van der Waals surface area contributed by atoms with E-state index in [4.69, 9.17) is 22.3 Å². The first-order valence-electron chi connectivity index (χ1n) is 8.66. The molecule has 134 valence electrons. The van der Waals surface area contributed by atoms with Gasteiger partial charge in [-0.3, -0.25) is 9.48 Å². The van der Waals surface area contributed by atoms with E-state index in [1.807, 2.05) is 10.7 Å². The number of amides is 1. The number of carbonyl (C=O) groups is 1. The van der Waals surface area contributed by atoms with E-state index in [9.17, 15) is 9.90 Å². The number of aromatic hydroxyl groups is 1. The lowest BCUT2D eigenvalue weighted by atomic mass is 10.0. The van der Waals surface area contributed by atoms with E-state index in [0.717, 1.165) is 35.1 Å². The average Bonchev–Trinajstić information content (AvgIpc) is 3.38. The quantitative estimate of drug-likeness (QED) is 0.693. The summed E-state index contributed by atoms with van der Waals surface area (Å²) < 4.78 is 1.92. The summed E-state index contributed by atoms with van der Waals surface area (Å²) in [4.78, 5) is 15.7. The predicted molar refractivity (Wildman–Crippen MR) is 100 cm³/mol. The van der Waals surface area contributed by atoms with Crippen molar-refractivity contribution in [1.29, 1.82) is 0 Å². The molecule has 0 saturated heterocycles. The zero-order chi connectivity index (χ0) is 18.3. The highest BCUT2D eigenvalue weighted by molar-refractivity contribution is 6.32. The molecule has 0 radical (unpaired) electrons. The van der Waals surface area contributed by atoms with Gasteiger partial charge in [0.25, 0.3) is 0 Å². The molecule has 4 rings (SSSR count). The zero-order valence-corrected chi connectivity index (χ0v) is 14.9. The number of nitrogens with zero attached hydrogens (tertiary/aromatic N) is 3. The van der Waals surface area contributed by atoms with Gasteiger partial charge in [-0.1, -0.05) is 11.6 Å². The first kappa shape index (κ1) is 16.8. The van der Waals surface area contributed by atoms with Gasteiger partial charge in [0, 0.05) is 18.5 Å². The maximum absolute atomic E-state index is 11.0. The fraction of sp³-hybridized carbons (Fsp3) is 0.316. The summed E-state index contributed by atoms with van der Waals surface area (Å²) in [5.41, 5.74) is 9.99. The van der Waals surface area contributed by atoms with E-state index in [0.29, 0.717) is 30.3 Å². The second kappa shape index (κ2) is 6.61. The molecule has 0 atom stereocenters. The molecule has 0 unspecified atom stereocenters. The number of primary amides is 1. The van der Waals surface area contributed by atoms with E-state index in [1.54, 1.807) is 18.3 Å². The Bertz CT molecular complexity index is 995. The van der Waals surface area contributed by atoms with Gasteiger partial charge < -0.3 is 10.8 Å². The van der Waals surface area contributed by atoms with Crippen molar-refractivity contribution in [3.63, 3.8) is 0 Å². The third kappa shape index (κ3) is 3.24. The molecule has 3 aromatic rings. The van der Waals surface area contributed by atoms with Gasteiger partial charge in [0.05, 0.1) is 22.4 Å². The summed E-state index contributed by atoms with van der Waals surface area (Å²) in [6.07, 6.45) is 5.07. The Labute approximate surface area is 155 Å². The van der Waals surface area contributed by atoms with Crippen molar-refractivity contribution in [3.8, 4) is 17.0 Å². The van der Waals surface area contributed by atoms with Gasteiger partial charge >= 0.3 is 0 Å². The van der Waals surface area contributed by atoms with Gasteiger partial charge in [0.15, 0.2) is 0 Å². The van der Waals surface area contributed by atoms with Crippen LogP contribution in [0.1, 0.15) is 37.2 Å². The van der Waals surface area contributed by atoms with E-state index in [1.165, 1.54) is 5.56 Å². The Morgan fingerprint density at radius 3 is 2.85 bits per heavy atom. The molecule has 2 heterocycles. The number of nitrogens with two attached hydrogens (primary N) is 1. The lowest BCUT2D eigenvalue weighted by Crippen LogP contribution is -2.12. The van der Waals surface area contributed by atoms with Crippen molar-refractivity contribution in [2.24, 2.45) is 5.73 Å². The van der Waals surface area contributed by atoms with Crippen LogP contribution in [0.15, 0.2) is 30.5 Å². The summed E-state index contributed by atoms with van der Waals surface area (Å²) in [6.45, 7) is 0.637. The molecule has 0 aliphatic heterocycles. The van der Waals surface area contributed by atoms with E-state index in [2.05, 4.69) is 11.2 Å². The maximum Gasteiger partial charge on any atom is 0.217 e. The van der Waals surface area contributed by atoms with Crippen LogP contribution in [-0.4, -0.2) is 25.8 Å². The number of hydrogen-bond acceptors (Lipinski definition) is 4. The summed E-state index contributed by atoms with van der Waals surface area (Å²) in [5.74, 6) is 0.271. The number of fused-ring (bicyclic) bond motifs is 1. The monoisotopic (exact) mass is 370 g/mol. The minimum Gasteiger partial charge on any atom is -0.506 e. The Morgan fingerprint density at radius 1 is 1.35 bits per heavy atom. The van der Waals surface area contributed by atoms with E-state index < -0.39 is 0 Å². The molecular formula is C19H19ClN4O2. The van der Waals surface area contributed by atoms with Crippen molar-refractivity contribution in [2.75, 3.05) is 0 Å². The van der Waals surface area contributed by atoms with Crippen LogP contribution in [0.25, 0.3) is 22.3 Å². The highest BCUT2D eigenvalue weighted by atomic mass is 35.5. The van der Waals surface area contributed by atoms with Crippen LogP contribution in [0.4, 0.5) is 0 Å². The number of carbonyl (C=O) groups excluding carboxylic acids is 1. The molecule has 1 aliphatic rings. The van der Waals surface area contributed by atoms with Gasteiger partial charge in [-0.05, 0) is 55.0 Å². The molecule has 3 N–H and O–H groups in total. The van der Waals surface area contributed by atoms with Crippen molar-refractivity contribution in [2.45, 2.75) is 38.1 Å². The molecule has 1 amide bonds. The molecule has 0 spiro atoms. The number of pyridine rings is 1. The van der Waals surface area contributed by atoms with Crippen LogP contribution < -0.4 is 5.73 Å². The standard InChI is InChI=1S/C19H19ClN4O2/c20-14-8-12(5-6-17(14)25)15-9-13(11-3-4-11)19-16(23-15)10-22-24(19)7-1-2-18(21)26/h5-6,8-11,25H,1-4,7H2,(H2,21,26). The first-order valence-corrected chi connectivity index (χ1v) is 9.04. The summed E-state index contributed by atoms with van der Waals surface area (Å²) in [5, 5.41) is 14.4. The third-order valence-electron chi connectivity index (χ3n) is 4.68. The minimum atomic E-state index is -0.298. The molecule has 26 heavy (non-hydrogen) atoms. The topological polar surface area (TPSA) is 94.0 Å². The van der Waals surface area contributed by atoms with Crippen molar-refractivity contribution < 1.29 is 9.90 Å². The van der Waals surface area contributed by atoms with E-state index in [-0.39, 0.29) is 11.7 Å². The van der Waals surface area contributed by atoms with Gasteiger partial charge in [0.1, 0.15) is 11.3 Å². The number of aryl methyl sites for hydroxylation is 1. The fourth-order valence-electron chi connectivity index (χ4n) is 3.22. The third-order valence-corrected chi connectivity index (χ3v) is 4.98. The summed E-state index contributed by atoms with van der Waals surface area (Å²) in [7, 11) is 0. The molecule has 6 nitrogen and oxygen atoms in total. The van der Waals surface area contributed by atoms with Crippen LogP contribution in [-0.2, 0) is 11.3 Å². The lowest BCUT2D eigenvalue weighted by molar-refractivity contribution is -0.118. The Balaban J connectivity index is 1.76. The molecule has 1 fully saturated rings. The van der Waals surface area contributed by atoms with Crippen LogP contribution in [0.3, 0.4) is 0 Å². The van der Waals surface area contributed by atoms with Crippen molar-refractivity contribution in [1.82, 2.24) is 14.8 Å². The highest BCUT2D eigenvalue weighted by Crippen LogP contribution is 2.44. The van der Waals surface area contributed by atoms with Crippen molar-refractivity contribution in [3.05, 3.63) is 41.0 Å². The van der Waals surface area contributed by atoms with Gasteiger partial charge in [-0.2, -0.15) is 5.10 Å². The first-order chi connectivity index (χ1) is 12.5. The van der Waals surface area contributed by atoms with Gasteiger partial charge in [-0.15, -0.1) is 0 Å². The lowest BCUT2D eigenvalue weighted by Gasteiger charge is -2.10. The SMILES string of the molecule is NC(=O)CCCn1ncc2nc(-c3ccc(O)c(Cl)c3)cc(C3CC3)c21. The molecule has 1 aromatic carbocycles. The Kier molecular flexibility index (Phi) is 4.28. The second-order valence-electron chi connectivity index (χ2n) is 6.71. The molecule has 1 saturated carbocycles. The number of rotatable bonds is 6. The van der Waals surface area contributed by atoms with Crippen LogP contribution in [0.2, 0.25) is 5.02 Å². The number of hydrogen-bond donors (Lipinski definition) is 2. The molecule has 0 bridgehead atoms. The molecule has 7 heteroatoms. The van der Waals surface area contributed by atoms with Gasteiger partial charge in [0.2, 0.25) is 5.91 Å². The predicted octanol–water partition coefficient (Wildman–Crippen LogP) is 3.60. The van der Waals surface area contributed by atoms with Crippen LogP contribution in [0, 0.1) is 0 Å². The second-order valence-corrected chi connectivity index (χ2v) is 7.12. The van der Waals surface area contributed by atoms with Crippen LogP contribution in [0.5, 0.6) is 5.75 Å². The Morgan fingerprint density at radius 2 is 2.15 bits per heavy atom. The smallest absolute Gasteiger partial charge is 0.217 e.